The predicted octanol–water partition coefficient (Wildman–Crippen LogP) is 4.34. The van der Waals surface area contributed by atoms with E-state index in [1.165, 1.54) is 24.3 Å². The molecular weight excluding hydrogens is 477 g/mol. The molecule has 1 aliphatic rings. The Hall–Kier alpha value is -4.60. The molecule has 1 aliphatic carbocycles. The molecule has 4 N–H and O–H groups in total. The average molecular weight is 504 g/mol. The largest absolute Gasteiger partial charge is 0.422 e. The Balaban J connectivity index is 1.53. The minimum atomic E-state index is -0.748. The lowest BCUT2D eigenvalue weighted by atomic mass is 9.99. The van der Waals surface area contributed by atoms with Crippen molar-refractivity contribution >= 4 is 35.5 Å². The maximum Gasteiger partial charge on any atom is 0.343 e. The fourth-order valence-corrected chi connectivity index (χ4v) is 3.91. The number of halogens is 1. The van der Waals surface area contributed by atoms with Crippen molar-refractivity contribution in [2.75, 3.05) is 18.1 Å². The number of carbonyl (C=O) groups is 3. The summed E-state index contributed by atoms with van der Waals surface area (Å²) in [5.74, 6) is -1.95. The van der Waals surface area contributed by atoms with Crippen molar-refractivity contribution in [1.82, 2.24) is 10.3 Å². The Morgan fingerprint density at radius 2 is 1.92 bits per heavy atom. The van der Waals surface area contributed by atoms with Gasteiger partial charge < -0.3 is 15.8 Å². The molecule has 3 aromatic rings. The van der Waals surface area contributed by atoms with Crippen molar-refractivity contribution in [3.05, 3.63) is 82.8 Å². The zero-order chi connectivity index (χ0) is 26.5. The summed E-state index contributed by atoms with van der Waals surface area (Å²) < 4.78 is 20.7. The van der Waals surface area contributed by atoms with Gasteiger partial charge in [0.05, 0.1) is 11.1 Å². The molecule has 2 aromatic carbocycles. The van der Waals surface area contributed by atoms with Gasteiger partial charge >= 0.3 is 12.0 Å². The third-order valence-corrected chi connectivity index (χ3v) is 5.89. The zero-order valence-electron chi connectivity index (χ0n) is 20.3. The number of ether oxygens (including phenoxy) is 1. The number of rotatable bonds is 8. The van der Waals surface area contributed by atoms with Gasteiger partial charge in [-0.25, -0.2) is 19.0 Å². The van der Waals surface area contributed by atoms with E-state index in [4.69, 9.17) is 10.5 Å². The molecule has 0 radical (unpaired) electrons. The lowest BCUT2D eigenvalue weighted by Gasteiger charge is -2.15. The van der Waals surface area contributed by atoms with E-state index >= 15 is 4.39 Å². The molecule has 1 unspecified atom stereocenters. The molecule has 0 aliphatic heterocycles. The van der Waals surface area contributed by atoms with E-state index in [1.54, 1.807) is 50.6 Å². The summed E-state index contributed by atoms with van der Waals surface area (Å²) in [5, 5.41) is 5.41. The third kappa shape index (κ3) is 5.97. The van der Waals surface area contributed by atoms with Crippen LogP contribution in [0.4, 0.5) is 20.7 Å². The van der Waals surface area contributed by atoms with E-state index in [0.717, 1.165) is 5.56 Å². The summed E-state index contributed by atoms with van der Waals surface area (Å²) >= 11 is 0. The molecule has 190 valence electrons. The smallest absolute Gasteiger partial charge is 0.343 e. The first-order valence-corrected chi connectivity index (χ1v) is 11.7. The summed E-state index contributed by atoms with van der Waals surface area (Å²) in [4.78, 5) is 46.0. The number of nitrogens with one attached hydrogen (secondary N) is 2. The number of benzene rings is 2. The first-order chi connectivity index (χ1) is 17.8. The van der Waals surface area contributed by atoms with Crippen LogP contribution in [0.2, 0.25) is 0 Å². The quantitative estimate of drug-likeness (QED) is 0.138. The second-order valence-corrected chi connectivity index (χ2v) is 8.54. The number of nitrogens with two attached hydrogens (primary N) is 1. The van der Waals surface area contributed by atoms with Gasteiger partial charge in [-0.1, -0.05) is 6.92 Å². The molecule has 4 rings (SSSR count). The van der Waals surface area contributed by atoms with E-state index in [2.05, 4.69) is 20.6 Å². The molecule has 1 heterocycles. The van der Waals surface area contributed by atoms with Gasteiger partial charge in [-0.15, -0.1) is 0 Å². The van der Waals surface area contributed by atoms with Crippen molar-refractivity contribution in [3.8, 4) is 5.75 Å². The van der Waals surface area contributed by atoms with Crippen molar-refractivity contribution in [1.29, 1.82) is 0 Å². The number of hydrogen-bond acceptors (Lipinski definition) is 7. The molecule has 9 nitrogen and oxygen atoms in total. The van der Waals surface area contributed by atoms with Gasteiger partial charge in [-0.2, -0.15) is 0 Å². The predicted molar refractivity (Wildman–Crippen MR) is 138 cm³/mol. The lowest BCUT2D eigenvalue weighted by molar-refractivity contribution is 0.0730. The summed E-state index contributed by atoms with van der Waals surface area (Å²) in [6, 6.07) is 11.0. The maximum atomic E-state index is 15.1. The van der Waals surface area contributed by atoms with Crippen LogP contribution in [0.15, 0.2) is 59.7 Å². The van der Waals surface area contributed by atoms with E-state index in [0.29, 0.717) is 17.9 Å². The normalized spacial score (nSPS) is 16.3. The summed E-state index contributed by atoms with van der Waals surface area (Å²) in [6.07, 6.45) is 3.74. The number of anilines is 2. The standard InChI is InChI=1S/C27H26FN5O4/c1-3-22(34)18-9-10-20(28)24(25(18)37-26(35)16-5-7-17(29)8-6-16)19-12-21(19)32-27(36)33-23-11-4-15(13-30-2)14-31-23/h4-11,13-14,19,21H,3,12,29H2,1-2H3,(H2,31,32,33,36)/t19-,21?/m1/s1. The number of urea groups is 1. The van der Waals surface area contributed by atoms with E-state index in [9.17, 15) is 14.4 Å². The minimum Gasteiger partial charge on any atom is -0.422 e. The van der Waals surface area contributed by atoms with Gasteiger partial charge in [0.1, 0.15) is 17.4 Å². The maximum absolute atomic E-state index is 15.1. The molecule has 1 saturated carbocycles. The summed E-state index contributed by atoms with van der Waals surface area (Å²) in [5.41, 5.74) is 7.32. The number of ketones is 1. The van der Waals surface area contributed by atoms with Crippen LogP contribution in [0, 0.1) is 5.82 Å². The number of Topliss-reactive ketones (excluding diaryl/α,β-unsaturated/α-hetero) is 1. The number of nitrogens with zero attached hydrogens (tertiary/aromatic N) is 2. The molecule has 10 heteroatoms. The Morgan fingerprint density at radius 1 is 1.16 bits per heavy atom. The number of carbonyl (C=O) groups excluding carboxylic acids is 3. The highest BCUT2D eigenvalue weighted by atomic mass is 19.1. The van der Waals surface area contributed by atoms with Crippen LogP contribution in [0.5, 0.6) is 5.75 Å². The molecule has 0 bridgehead atoms. The number of esters is 1. The number of hydrogen-bond donors (Lipinski definition) is 3. The van der Waals surface area contributed by atoms with Crippen LogP contribution in [0.25, 0.3) is 0 Å². The first-order valence-electron chi connectivity index (χ1n) is 11.7. The van der Waals surface area contributed by atoms with Gasteiger partial charge in [0.25, 0.3) is 0 Å². The van der Waals surface area contributed by atoms with E-state index in [1.807, 2.05) is 0 Å². The van der Waals surface area contributed by atoms with Crippen molar-refractivity contribution < 1.29 is 23.5 Å². The number of nitrogen functional groups attached to an aromatic ring is 1. The van der Waals surface area contributed by atoms with Gasteiger partial charge in [0, 0.05) is 54.7 Å². The molecule has 2 amide bonds. The highest BCUT2D eigenvalue weighted by molar-refractivity contribution is 6.01. The van der Waals surface area contributed by atoms with Crippen LogP contribution in [-0.4, -0.2) is 42.1 Å². The van der Waals surface area contributed by atoms with Gasteiger partial charge in [0.15, 0.2) is 5.78 Å². The fourth-order valence-electron chi connectivity index (χ4n) is 3.91. The number of amides is 2. The van der Waals surface area contributed by atoms with Crippen LogP contribution < -0.4 is 21.1 Å². The molecular formula is C27H26FN5O4. The highest BCUT2D eigenvalue weighted by Crippen LogP contribution is 2.47. The van der Waals surface area contributed by atoms with E-state index in [-0.39, 0.29) is 34.6 Å². The highest BCUT2D eigenvalue weighted by Gasteiger charge is 2.44. The van der Waals surface area contributed by atoms with Crippen LogP contribution in [-0.2, 0) is 0 Å². The van der Waals surface area contributed by atoms with Gasteiger partial charge in [-0.05, 0) is 55.0 Å². The Labute approximate surface area is 213 Å². The van der Waals surface area contributed by atoms with Gasteiger partial charge in [0.2, 0.25) is 0 Å². The molecule has 1 aromatic heterocycles. The van der Waals surface area contributed by atoms with E-state index < -0.39 is 29.8 Å². The molecule has 37 heavy (non-hydrogen) atoms. The zero-order valence-corrected chi connectivity index (χ0v) is 20.3. The second-order valence-electron chi connectivity index (χ2n) is 8.54. The van der Waals surface area contributed by atoms with Crippen LogP contribution >= 0.6 is 0 Å². The number of pyridine rings is 1. The second kappa shape index (κ2) is 11.0. The molecule has 1 fully saturated rings. The number of aliphatic imine (C=N–C) groups is 1. The average Bonchev–Trinajstić information content (AvgIpc) is 3.63. The number of aromatic nitrogens is 1. The summed E-state index contributed by atoms with van der Waals surface area (Å²) in [6.45, 7) is 1.67. The summed E-state index contributed by atoms with van der Waals surface area (Å²) in [7, 11) is 1.65. The Bertz CT molecular complexity index is 1360. The van der Waals surface area contributed by atoms with Crippen molar-refractivity contribution in [3.63, 3.8) is 0 Å². The third-order valence-electron chi connectivity index (χ3n) is 5.89. The fraction of sp³-hybridized carbons (Fsp3) is 0.222. The molecule has 2 atom stereocenters. The van der Waals surface area contributed by atoms with Crippen LogP contribution in [0.1, 0.15) is 57.5 Å². The SMILES string of the molecule is CCC(=O)c1ccc(F)c([C@@H]2CC2NC(=O)Nc2ccc(C=NC)cn2)c1OC(=O)c1ccc(N)cc1. The lowest BCUT2D eigenvalue weighted by Crippen LogP contribution is -2.31. The minimum absolute atomic E-state index is 0.0784. The topological polar surface area (TPSA) is 136 Å². The molecule has 0 saturated heterocycles. The molecule has 0 spiro atoms. The van der Waals surface area contributed by atoms with Crippen LogP contribution in [0.3, 0.4) is 0 Å². The Morgan fingerprint density at radius 3 is 2.57 bits per heavy atom. The monoisotopic (exact) mass is 503 g/mol. The Kier molecular flexibility index (Phi) is 7.57. The van der Waals surface area contributed by atoms with Crippen molar-refractivity contribution in [2.45, 2.75) is 31.7 Å². The van der Waals surface area contributed by atoms with Gasteiger partial charge in [-0.3, -0.25) is 15.1 Å². The first kappa shape index (κ1) is 25.5. The van der Waals surface area contributed by atoms with Crippen molar-refractivity contribution in [2.24, 2.45) is 4.99 Å².